The number of amides is 2. The van der Waals surface area contributed by atoms with E-state index in [2.05, 4.69) is 22.9 Å². The minimum Gasteiger partial charge on any atom is -0.454 e. The van der Waals surface area contributed by atoms with Crippen molar-refractivity contribution in [3.05, 3.63) is 98.5 Å². The second-order valence-corrected chi connectivity index (χ2v) is 12.1. The van der Waals surface area contributed by atoms with Crippen molar-refractivity contribution in [2.45, 2.75) is 26.2 Å². The van der Waals surface area contributed by atoms with Gasteiger partial charge in [-0.05, 0) is 61.6 Å². The van der Waals surface area contributed by atoms with Gasteiger partial charge in [-0.2, -0.15) is 0 Å². The van der Waals surface area contributed by atoms with Crippen molar-refractivity contribution in [1.29, 1.82) is 0 Å². The summed E-state index contributed by atoms with van der Waals surface area (Å²) in [5, 5.41) is 11.6. The van der Waals surface area contributed by atoms with Crippen molar-refractivity contribution >= 4 is 61.8 Å². The lowest BCUT2D eigenvalue weighted by atomic mass is 9.76. The molecule has 0 radical (unpaired) electrons. The predicted molar refractivity (Wildman–Crippen MR) is 165 cm³/mol. The smallest absolute Gasteiger partial charge is 0.339 e. The van der Waals surface area contributed by atoms with Crippen LogP contribution in [0.1, 0.15) is 46.9 Å². The Kier molecular flexibility index (Phi) is 7.81. The van der Waals surface area contributed by atoms with Crippen LogP contribution in [0.2, 0.25) is 0 Å². The van der Waals surface area contributed by atoms with E-state index in [1.165, 1.54) is 23.1 Å². The maximum absolute atomic E-state index is 13.3. The first kappa shape index (κ1) is 29.3. The normalized spacial score (nSPS) is 19.6. The zero-order valence-electron chi connectivity index (χ0n) is 23.6. The molecule has 1 saturated heterocycles. The maximum atomic E-state index is 13.3. The van der Waals surface area contributed by atoms with Crippen molar-refractivity contribution in [2.24, 2.45) is 17.8 Å². The number of benzene rings is 3. The molecule has 11 heteroatoms. The van der Waals surface area contributed by atoms with Crippen LogP contribution in [0.5, 0.6) is 0 Å². The molecule has 3 aromatic carbocycles. The number of halogens is 1. The van der Waals surface area contributed by atoms with Gasteiger partial charge in [0.1, 0.15) is 0 Å². The third-order valence-electron chi connectivity index (χ3n) is 8.31. The average Bonchev–Trinajstić information content (AvgIpc) is 3.27. The molecule has 2 amide bonds. The van der Waals surface area contributed by atoms with E-state index < -0.39 is 23.3 Å². The number of ether oxygens (including phenoxy) is 1. The van der Waals surface area contributed by atoms with Gasteiger partial charge in [0.15, 0.2) is 6.61 Å². The van der Waals surface area contributed by atoms with Crippen molar-refractivity contribution < 1.29 is 28.8 Å². The van der Waals surface area contributed by atoms with Gasteiger partial charge in [0, 0.05) is 33.1 Å². The number of fused-ring (bicyclic) bond motifs is 2. The molecule has 2 heterocycles. The second kappa shape index (κ2) is 11.7. The zero-order chi connectivity index (χ0) is 31.1. The Morgan fingerprint density at radius 1 is 1.00 bits per heavy atom. The molecule has 0 spiro atoms. The standard InChI is InChI=1S/C33H26BrN3O7/c1-18-5-11-24-26(13-18)32(40)36(31(24)39)22-9-6-19(7-10-22)29-16-27(25-15-21(34)8-12-28(25)35-29)33(41)44-17-30(38)20-3-2-4-23(14-20)37(42)43/h2-4,6-10,12,14-16,18,24,26H,5,11,13,17H2,1H3. The van der Waals surface area contributed by atoms with E-state index in [1.54, 1.807) is 48.5 Å². The Morgan fingerprint density at radius 2 is 1.75 bits per heavy atom. The van der Waals surface area contributed by atoms with Crippen LogP contribution in [0.4, 0.5) is 11.4 Å². The lowest BCUT2D eigenvalue weighted by molar-refractivity contribution is -0.384. The zero-order valence-corrected chi connectivity index (χ0v) is 25.2. The second-order valence-electron chi connectivity index (χ2n) is 11.2. The quantitative estimate of drug-likeness (QED) is 0.0720. The van der Waals surface area contributed by atoms with Gasteiger partial charge >= 0.3 is 5.97 Å². The number of carbonyl (C=O) groups is 4. The number of hydrogen-bond donors (Lipinski definition) is 0. The summed E-state index contributed by atoms with van der Waals surface area (Å²) in [6.07, 6.45) is 2.37. The lowest BCUT2D eigenvalue weighted by Crippen LogP contribution is -2.30. The Bertz CT molecular complexity index is 1860. The summed E-state index contributed by atoms with van der Waals surface area (Å²) in [5.41, 5.74) is 2.08. The molecule has 1 aliphatic heterocycles. The highest BCUT2D eigenvalue weighted by molar-refractivity contribution is 9.10. The van der Waals surface area contributed by atoms with Gasteiger partial charge in [-0.1, -0.05) is 47.1 Å². The van der Waals surface area contributed by atoms with Crippen molar-refractivity contribution in [3.8, 4) is 11.3 Å². The lowest BCUT2D eigenvalue weighted by Gasteiger charge is -2.25. The van der Waals surface area contributed by atoms with Crippen molar-refractivity contribution in [3.63, 3.8) is 0 Å². The Labute approximate surface area is 260 Å². The number of nitro groups is 1. The summed E-state index contributed by atoms with van der Waals surface area (Å²) in [6.45, 7) is 1.50. The molecule has 1 aliphatic carbocycles. The minimum absolute atomic E-state index is 0.0545. The molecule has 2 fully saturated rings. The van der Waals surface area contributed by atoms with Gasteiger partial charge in [-0.15, -0.1) is 0 Å². The third kappa shape index (κ3) is 5.50. The average molecular weight is 656 g/mol. The number of imide groups is 1. The van der Waals surface area contributed by atoms with E-state index in [1.807, 2.05) is 0 Å². The molecule has 3 unspecified atom stereocenters. The van der Waals surface area contributed by atoms with Gasteiger partial charge in [0.25, 0.3) is 5.69 Å². The minimum atomic E-state index is -0.766. The summed E-state index contributed by atoms with van der Waals surface area (Å²) in [7, 11) is 0. The highest BCUT2D eigenvalue weighted by atomic mass is 79.9. The highest BCUT2D eigenvalue weighted by Crippen LogP contribution is 2.42. The molecule has 0 bridgehead atoms. The van der Waals surface area contributed by atoms with Gasteiger partial charge < -0.3 is 4.74 Å². The SMILES string of the molecule is CC1CCC2C(=O)N(c3ccc(-c4cc(C(=O)OCC(=O)c5cccc([N+](=O)[O-])c5)c5cc(Br)ccc5n4)cc3)C(=O)C2C1. The summed E-state index contributed by atoms with van der Waals surface area (Å²) < 4.78 is 6.07. The van der Waals surface area contributed by atoms with Crippen molar-refractivity contribution in [2.75, 3.05) is 11.5 Å². The summed E-state index contributed by atoms with van der Waals surface area (Å²) in [6, 6.07) is 18.9. The number of pyridine rings is 1. The molecular weight excluding hydrogens is 630 g/mol. The molecule has 3 atom stereocenters. The molecule has 222 valence electrons. The fourth-order valence-electron chi connectivity index (χ4n) is 6.03. The molecule has 1 aromatic heterocycles. The van der Waals surface area contributed by atoms with Crippen LogP contribution >= 0.6 is 15.9 Å². The van der Waals surface area contributed by atoms with E-state index in [0.29, 0.717) is 38.2 Å². The van der Waals surface area contributed by atoms with E-state index in [-0.39, 0.29) is 40.5 Å². The Hall–Kier alpha value is -4.77. The maximum Gasteiger partial charge on any atom is 0.339 e. The van der Waals surface area contributed by atoms with Gasteiger partial charge in [-0.3, -0.25) is 29.4 Å². The Balaban J connectivity index is 1.26. The van der Waals surface area contributed by atoms with E-state index >= 15 is 0 Å². The van der Waals surface area contributed by atoms with Gasteiger partial charge in [-0.25, -0.2) is 9.78 Å². The molecule has 1 saturated carbocycles. The number of nitro benzene ring substituents is 1. The molecule has 6 rings (SSSR count). The molecule has 2 aliphatic rings. The molecule has 4 aromatic rings. The van der Waals surface area contributed by atoms with Crippen LogP contribution in [0.25, 0.3) is 22.2 Å². The predicted octanol–water partition coefficient (Wildman–Crippen LogP) is 6.54. The van der Waals surface area contributed by atoms with Crippen LogP contribution in [-0.4, -0.2) is 40.1 Å². The number of nitrogens with zero attached hydrogens (tertiary/aromatic N) is 3. The number of non-ortho nitro benzene ring substituents is 1. The fraction of sp³-hybridized carbons (Fsp3) is 0.242. The molecule has 10 nitrogen and oxygen atoms in total. The molecular formula is C33H26BrN3O7. The summed E-state index contributed by atoms with van der Waals surface area (Å²) >= 11 is 3.42. The van der Waals surface area contributed by atoms with Gasteiger partial charge in [0.2, 0.25) is 17.6 Å². The van der Waals surface area contributed by atoms with Crippen LogP contribution < -0.4 is 4.90 Å². The number of Topliss-reactive ketones (excluding diaryl/α,β-unsaturated/α-hetero) is 1. The van der Waals surface area contributed by atoms with Crippen LogP contribution in [-0.2, 0) is 14.3 Å². The van der Waals surface area contributed by atoms with Crippen LogP contribution in [0.3, 0.4) is 0 Å². The summed E-state index contributed by atoms with van der Waals surface area (Å²) in [4.78, 5) is 68.8. The third-order valence-corrected chi connectivity index (χ3v) is 8.81. The number of ketones is 1. The molecule has 44 heavy (non-hydrogen) atoms. The monoisotopic (exact) mass is 655 g/mol. The van der Waals surface area contributed by atoms with Crippen LogP contribution in [0.15, 0.2) is 77.3 Å². The van der Waals surface area contributed by atoms with E-state index in [0.717, 1.165) is 25.3 Å². The first-order valence-corrected chi connectivity index (χ1v) is 14.9. The first-order valence-electron chi connectivity index (χ1n) is 14.1. The number of anilines is 1. The van der Waals surface area contributed by atoms with Gasteiger partial charge in [0.05, 0.1) is 39.2 Å². The number of hydrogen-bond acceptors (Lipinski definition) is 8. The van der Waals surface area contributed by atoms with E-state index in [9.17, 15) is 29.3 Å². The van der Waals surface area contributed by atoms with E-state index in [4.69, 9.17) is 9.72 Å². The number of aromatic nitrogens is 1. The number of esters is 1. The van der Waals surface area contributed by atoms with Crippen LogP contribution in [0, 0.1) is 27.9 Å². The summed E-state index contributed by atoms with van der Waals surface area (Å²) in [5.74, 6) is -1.79. The first-order chi connectivity index (χ1) is 21.1. The largest absolute Gasteiger partial charge is 0.454 e. The Morgan fingerprint density at radius 3 is 2.50 bits per heavy atom. The topological polar surface area (TPSA) is 137 Å². The van der Waals surface area contributed by atoms with Crippen molar-refractivity contribution in [1.82, 2.24) is 4.98 Å². The number of rotatable bonds is 7. The molecule has 0 N–H and O–H groups in total. The number of carbonyl (C=O) groups excluding carboxylic acids is 4. The fourth-order valence-corrected chi connectivity index (χ4v) is 6.39. The highest BCUT2D eigenvalue weighted by Gasteiger charge is 2.49.